The molecule has 0 radical (unpaired) electrons. The van der Waals surface area contributed by atoms with Gasteiger partial charge >= 0.3 is 25.8 Å². The number of unbranched alkanes of at least 4 members (excludes halogenated alkanes) is 45. The van der Waals surface area contributed by atoms with Gasteiger partial charge in [0.2, 0.25) is 0 Å². The molecule has 9 aromatic carbocycles. The zero-order chi connectivity index (χ0) is 99.7. The molecule has 9 rings (SSSR count). The topological polar surface area (TPSA) is 83.1 Å². The molecule has 0 heterocycles. The van der Waals surface area contributed by atoms with Gasteiger partial charge in [-0.2, -0.15) is 0 Å². The van der Waals surface area contributed by atoms with Crippen LogP contribution in [0, 0.1) is 83.1 Å². The molecule has 0 N–H and O–H groups in total. The zero-order valence-electron chi connectivity index (χ0n) is 91.2. The summed E-state index contributed by atoms with van der Waals surface area (Å²) in [4.78, 5) is 0. The van der Waals surface area contributed by atoms with E-state index in [-0.39, 0.29) is 0 Å². The van der Waals surface area contributed by atoms with Crippen molar-refractivity contribution in [2.75, 3.05) is 0 Å². The molecule has 9 aromatic rings. The summed E-state index contributed by atoms with van der Waals surface area (Å²) in [6.07, 6.45) is 71.1. The maximum Gasteiger partial charge on any atom is 0.530 e. The Balaban J connectivity index is 0.961. The molecule has 0 spiro atoms. The number of benzene rings is 9. The van der Waals surface area contributed by atoms with Crippen LogP contribution in [0.3, 0.4) is 0 Å². The number of hydrogen-bond donors (Lipinski definition) is 0. The van der Waals surface area contributed by atoms with Gasteiger partial charge in [-0.15, -0.1) is 0 Å². The van der Waals surface area contributed by atoms with Crippen molar-refractivity contribution in [3.63, 3.8) is 0 Å². The lowest BCUT2D eigenvalue weighted by Crippen LogP contribution is -2.10. The predicted molar refractivity (Wildman–Crippen MR) is 605 cm³/mol. The molecule has 770 valence electrons. The third-order valence-corrected chi connectivity index (χ3v) is 33.1. The van der Waals surface area contributed by atoms with Crippen molar-refractivity contribution in [1.82, 2.24) is 0 Å². The average molecular weight is 1960 g/mol. The lowest BCUT2D eigenvalue weighted by Gasteiger charge is -2.25. The Hall–Kier alpha value is -7.53. The molecule has 0 aliphatic heterocycles. The van der Waals surface area contributed by atoms with E-state index in [9.17, 15) is 0 Å². The molecule has 0 saturated carbocycles. The van der Waals surface area contributed by atoms with Crippen LogP contribution in [0.15, 0.2) is 146 Å². The molecule has 0 unspecified atom stereocenters. The van der Waals surface area contributed by atoms with E-state index in [0.29, 0.717) is 0 Å². The van der Waals surface area contributed by atoms with Crippen LogP contribution < -0.4 is 40.7 Å². The van der Waals surface area contributed by atoms with Crippen LogP contribution in [0.4, 0.5) is 0 Å². The molecule has 9 nitrogen and oxygen atoms in total. The summed E-state index contributed by atoms with van der Waals surface area (Å²) >= 11 is 0. The van der Waals surface area contributed by atoms with Gasteiger partial charge in [-0.1, -0.05) is 415 Å². The Labute approximate surface area is 858 Å². The van der Waals surface area contributed by atoms with Gasteiger partial charge in [0.15, 0.2) is 0 Å². The highest BCUT2D eigenvalue weighted by atomic mass is 31.2. The van der Waals surface area contributed by atoms with E-state index in [1.807, 2.05) is 0 Å². The third-order valence-electron chi connectivity index (χ3n) is 30.0. The molecular formula is C128H189O9P3. The molecule has 0 aromatic heterocycles. The largest absolute Gasteiger partial charge is 0.530 e. The number of rotatable bonds is 77. The summed E-state index contributed by atoms with van der Waals surface area (Å²) < 4.78 is 64.9. The first-order valence-electron chi connectivity index (χ1n) is 56.6. The second kappa shape index (κ2) is 68.0. The van der Waals surface area contributed by atoms with Crippen LogP contribution in [0.2, 0.25) is 0 Å². The van der Waals surface area contributed by atoms with E-state index in [1.165, 1.54) is 361 Å². The highest BCUT2D eigenvalue weighted by Gasteiger charge is 2.31. The van der Waals surface area contributed by atoms with Crippen molar-refractivity contribution in [1.29, 1.82) is 0 Å². The molecule has 0 fully saturated rings. The minimum Gasteiger partial charge on any atom is -0.408 e. The van der Waals surface area contributed by atoms with Crippen molar-refractivity contribution >= 4 is 25.8 Å². The molecule has 0 bridgehead atoms. The van der Waals surface area contributed by atoms with Crippen molar-refractivity contribution < 1.29 is 40.7 Å². The van der Waals surface area contributed by atoms with Gasteiger partial charge in [0.25, 0.3) is 0 Å². The SMILES string of the molecule is CCCCCCCCCCCCc1ccccc1OP(Oc1ccccc1CCCCCCCCCCCC)Oc1cc(C)c(Cc2c(C)cc(OP(Oc3ccccc3CCCCCCCCCCCC)Oc3cc(C)c(Cc4c(C)cc(OP(Oc5ccccc5CCCCCCCCCCCC)Oc5ccccc5CCCCCCCCCCCC)c(C)c4C)c(C)c3C)c(C)c2C)c(C)c1C. The van der Waals surface area contributed by atoms with Gasteiger partial charge < -0.3 is 40.7 Å². The standard InChI is InChI=1S/C128H189O9P3/c1-18-23-28-33-38-43-48-53-58-63-78-111-83-68-73-88-120(111)129-138(130-121-89-74-69-84-112(121)79-64-59-54-49-44-39-34-29-24-19-2)134-125-93-99(6)116(103(10)107(125)14)97-118-101(8)95-127(109(16)105(118)12)136-140(133-124-92-77-72-87-115(124)82-67-62-57-52-47-42-37-32-27-22-5)137-128-96-102(9)119(106(13)110(128)17)98-117-100(7)94-126(108(15)104(117)11)135-139(131-122-90-75-70-85-113(122)80-65-60-55-50-45-40-35-30-25-20-3)132-123-91-76-71-86-114(123)81-66-61-56-51-46-41-36-31-26-21-4/h68-77,83-96H,18-67,78-82,97-98H2,1-17H3. The van der Waals surface area contributed by atoms with Crippen LogP contribution in [0.5, 0.6) is 51.7 Å². The Morgan fingerprint density at radius 2 is 0.293 bits per heavy atom. The molecule has 0 amide bonds. The van der Waals surface area contributed by atoms with Crippen molar-refractivity contribution in [2.45, 2.75) is 484 Å². The molecule has 0 saturated heterocycles. The van der Waals surface area contributed by atoms with Crippen molar-refractivity contribution in [3.8, 4) is 51.7 Å². The summed E-state index contributed by atoms with van der Waals surface area (Å²) in [7, 11) is -5.94. The summed E-state index contributed by atoms with van der Waals surface area (Å²) in [5.74, 6) is 7.25. The minimum atomic E-state index is -2.06. The van der Waals surface area contributed by atoms with Crippen LogP contribution in [-0.2, 0) is 44.9 Å². The van der Waals surface area contributed by atoms with Crippen molar-refractivity contribution in [3.05, 3.63) is 262 Å². The normalized spacial score (nSPS) is 11.6. The molecular weight excluding hydrogens is 1770 g/mol. The molecule has 12 heteroatoms. The van der Waals surface area contributed by atoms with Crippen molar-refractivity contribution in [2.24, 2.45) is 0 Å². The predicted octanol–water partition coefficient (Wildman–Crippen LogP) is 42.2. The van der Waals surface area contributed by atoms with E-state index < -0.39 is 25.8 Å². The maximum atomic E-state index is 7.36. The van der Waals surface area contributed by atoms with E-state index in [4.69, 9.17) is 40.7 Å². The minimum absolute atomic E-state index is 0.738. The summed E-state index contributed by atoms with van der Waals surface area (Å²) in [6.45, 7) is 38.3. The monoisotopic (exact) mass is 1960 g/mol. The van der Waals surface area contributed by atoms with Crippen LogP contribution in [0.25, 0.3) is 0 Å². The highest BCUT2D eigenvalue weighted by Crippen LogP contribution is 2.52. The van der Waals surface area contributed by atoms with Gasteiger partial charge in [0.05, 0.1) is 0 Å². The third kappa shape index (κ3) is 40.8. The average Bonchev–Trinajstić information content (AvgIpc) is 0.780. The fourth-order valence-electron chi connectivity index (χ4n) is 20.1. The highest BCUT2D eigenvalue weighted by molar-refractivity contribution is 7.43. The Morgan fingerprint density at radius 1 is 0.157 bits per heavy atom. The first-order valence-corrected chi connectivity index (χ1v) is 59.9. The van der Waals surface area contributed by atoms with Crippen LogP contribution in [-0.4, -0.2) is 0 Å². The second-order valence-electron chi connectivity index (χ2n) is 41.2. The lowest BCUT2D eigenvalue weighted by molar-refractivity contribution is 0.381. The van der Waals surface area contributed by atoms with E-state index in [2.05, 4.69) is 263 Å². The fraction of sp³-hybridized carbons (Fsp3) is 0.578. The Morgan fingerprint density at radius 3 is 0.450 bits per heavy atom. The smallest absolute Gasteiger partial charge is 0.408 e. The Kier molecular flexibility index (Phi) is 56.3. The molecule has 140 heavy (non-hydrogen) atoms. The van der Waals surface area contributed by atoms with E-state index >= 15 is 0 Å². The first-order chi connectivity index (χ1) is 68.3. The zero-order valence-corrected chi connectivity index (χ0v) is 93.9. The van der Waals surface area contributed by atoms with Gasteiger partial charge in [0.1, 0.15) is 51.7 Å². The quantitative estimate of drug-likeness (QED) is 0.0273. The molecule has 0 aliphatic rings. The first kappa shape index (κ1) is 116. The van der Waals surface area contributed by atoms with Crippen LogP contribution in [0.1, 0.15) is 472 Å². The fourth-order valence-corrected chi connectivity index (χ4v) is 23.5. The number of aryl methyl sites for hydroxylation is 9. The van der Waals surface area contributed by atoms with E-state index in [0.717, 1.165) is 173 Å². The van der Waals surface area contributed by atoms with Crippen LogP contribution >= 0.6 is 25.8 Å². The number of hydrogen-bond acceptors (Lipinski definition) is 9. The lowest BCUT2D eigenvalue weighted by atomic mass is 9.88. The maximum absolute atomic E-state index is 7.36. The number of para-hydroxylation sites is 5. The summed E-state index contributed by atoms with van der Waals surface area (Å²) in [5.41, 5.74) is 24.8. The summed E-state index contributed by atoms with van der Waals surface area (Å²) in [6, 6.07) is 51.8. The van der Waals surface area contributed by atoms with Gasteiger partial charge in [-0.3, -0.25) is 0 Å². The second-order valence-corrected chi connectivity index (χ2v) is 44.2. The summed E-state index contributed by atoms with van der Waals surface area (Å²) in [5, 5.41) is 0. The Bertz CT molecular complexity index is 4560. The van der Waals surface area contributed by atoms with Gasteiger partial charge in [0, 0.05) is 0 Å². The van der Waals surface area contributed by atoms with Gasteiger partial charge in [-0.05, 0) is 332 Å². The van der Waals surface area contributed by atoms with Gasteiger partial charge in [-0.25, -0.2) is 0 Å². The molecule has 0 aliphatic carbocycles. The molecule has 0 atom stereocenters. The van der Waals surface area contributed by atoms with E-state index in [1.54, 1.807) is 0 Å².